The van der Waals surface area contributed by atoms with Gasteiger partial charge in [0.25, 0.3) is 0 Å². The number of hydrogen-bond donors (Lipinski definition) is 0. The van der Waals surface area contributed by atoms with Gasteiger partial charge in [0.2, 0.25) is 0 Å². The second kappa shape index (κ2) is 6.04. The van der Waals surface area contributed by atoms with Crippen molar-refractivity contribution >= 4 is 42.5 Å². The third-order valence-corrected chi connectivity index (χ3v) is 6.35. The fraction of sp³-hybridized carbons (Fsp3) is 0. The zero-order valence-corrected chi connectivity index (χ0v) is 15.9. The van der Waals surface area contributed by atoms with E-state index < -0.39 is 0 Å². The largest absolute Gasteiger partial charge is 0.292 e. The first-order valence-corrected chi connectivity index (χ1v) is 10.2. The molecule has 0 saturated carbocycles. The number of nitrogens with zero attached hydrogens (tertiary/aromatic N) is 2. The maximum atomic E-state index is 5.00. The van der Waals surface area contributed by atoms with E-state index in [-0.39, 0.29) is 0 Å². The third kappa shape index (κ3) is 2.23. The number of aromatic nitrogens is 2. The Morgan fingerprint density at radius 3 is 2.32 bits per heavy atom. The molecule has 132 valence electrons. The van der Waals surface area contributed by atoms with E-state index in [1.54, 1.807) is 0 Å². The van der Waals surface area contributed by atoms with Gasteiger partial charge in [0.1, 0.15) is 5.82 Å². The van der Waals surface area contributed by atoms with Gasteiger partial charge in [0.15, 0.2) is 0 Å². The van der Waals surface area contributed by atoms with Crippen molar-refractivity contribution in [3.05, 3.63) is 97.1 Å². The van der Waals surface area contributed by atoms with Crippen molar-refractivity contribution in [2.45, 2.75) is 0 Å². The van der Waals surface area contributed by atoms with Crippen LogP contribution in [0.1, 0.15) is 0 Å². The summed E-state index contributed by atoms with van der Waals surface area (Å²) in [6.07, 6.45) is 0. The molecular formula is C25H16N2S. The van der Waals surface area contributed by atoms with Crippen molar-refractivity contribution in [3.8, 4) is 17.1 Å². The van der Waals surface area contributed by atoms with E-state index in [1.165, 1.54) is 25.9 Å². The molecule has 0 unspecified atom stereocenters. The number of hydrogen-bond acceptors (Lipinski definition) is 2. The number of imidazole rings is 1. The van der Waals surface area contributed by atoms with E-state index in [2.05, 4.69) is 95.6 Å². The highest BCUT2D eigenvalue weighted by Gasteiger charge is 2.17. The van der Waals surface area contributed by atoms with Gasteiger partial charge in [0.05, 0.1) is 16.7 Å². The molecule has 6 rings (SSSR count). The fourth-order valence-corrected chi connectivity index (χ4v) is 5.12. The molecule has 0 N–H and O–H groups in total. The molecule has 2 heterocycles. The van der Waals surface area contributed by atoms with Crippen LogP contribution in [-0.2, 0) is 0 Å². The molecule has 2 aromatic heterocycles. The Morgan fingerprint density at radius 2 is 1.39 bits per heavy atom. The summed E-state index contributed by atoms with van der Waals surface area (Å²) in [7, 11) is 0. The maximum Gasteiger partial charge on any atom is 0.145 e. The van der Waals surface area contributed by atoms with Gasteiger partial charge in [0, 0.05) is 25.7 Å². The summed E-state index contributed by atoms with van der Waals surface area (Å²) in [6, 6.07) is 34.0. The summed E-state index contributed by atoms with van der Waals surface area (Å²) in [6.45, 7) is 0. The van der Waals surface area contributed by atoms with E-state index in [9.17, 15) is 0 Å². The average molecular weight is 376 g/mol. The summed E-state index contributed by atoms with van der Waals surface area (Å²) < 4.78 is 4.93. The van der Waals surface area contributed by atoms with E-state index >= 15 is 0 Å². The Bertz CT molecular complexity index is 1460. The van der Waals surface area contributed by atoms with Crippen LogP contribution < -0.4 is 0 Å². The van der Waals surface area contributed by atoms with E-state index in [1.807, 2.05) is 17.4 Å². The molecule has 0 bridgehead atoms. The zero-order chi connectivity index (χ0) is 18.5. The third-order valence-electron chi connectivity index (χ3n) is 5.21. The van der Waals surface area contributed by atoms with Crippen molar-refractivity contribution in [3.63, 3.8) is 0 Å². The highest BCUT2D eigenvalue weighted by Crippen LogP contribution is 2.39. The molecule has 0 amide bonds. The molecule has 0 fully saturated rings. The van der Waals surface area contributed by atoms with E-state index in [0.29, 0.717) is 0 Å². The van der Waals surface area contributed by atoms with E-state index in [0.717, 1.165) is 22.4 Å². The Balaban J connectivity index is 1.79. The van der Waals surface area contributed by atoms with Crippen LogP contribution in [0.5, 0.6) is 0 Å². The first-order chi connectivity index (χ1) is 13.9. The number of benzene rings is 4. The Morgan fingerprint density at radius 1 is 0.643 bits per heavy atom. The van der Waals surface area contributed by atoms with Crippen molar-refractivity contribution in [2.24, 2.45) is 0 Å². The lowest BCUT2D eigenvalue weighted by Gasteiger charge is -2.11. The van der Waals surface area contributed by atoms with Crippen LogP contribution in [0.25, 0.3) is 48.3 Å². The number of thiophene rings is 1. The minimum absolute atomic E-state index is 0.976. The smallest absolute Gasteiger partial charge is 0.145 e. The van der Waals surface area contributed by atoms with Crippen LogP contribution in [0.15, 0.2) is 97.1 Å². The van der Waals surface area contributed by atoms with Crippen molar-refractivity contribution in [1.82, 2.24) is 9.55 Å². The van der Waals surface area contributed by atoms with Gasteiger partial charge < -0.3 is 0 Å². The molecule has 0 atom stereocenters. The van der Waals surface area contributed by atoms with Gasteiger partial charge >= 0.3 is 0 Å². The van der Waals surface area contributed by atoms with Gasteiger partial charge in [-0.15, -0.1) is 11.3 Å². The molecule has 28 heavy (non-hydrogen) atoms. The fourth-order valence-electron chi connectivity index (χ4n) is 3.99. The molecular weight excluding hydrogens is 360 g/mol. The molecule has 3 heteroatoms. The van der Waals surface area contributed by atoms with Crippen LogP contribution in [0.4, 0.5) is 0 Å². The van der Waals surface area contributed by atoms with Gasteiger partial charge in [-0.05, 0) is 30.3 Å². The van der Waals surface area contributed by atoms with Gasteiger partial charge in [-0.3, -0.25) is 4.57 Å². The summed E-state index contributed by atoms with van der Waals surface area (Å²) in [5.74, 6) is 0.976. The van der Waals surface area contributed by atoms with Gasteiger partial charge in [-0.1, -0.05) is 66.7 Å². The van der Waals surface area contributed by atoms with Gasteiger partial charge in [-0.25, -0.2) is 4.98 Å². The monoisotopic (exact) mass is 376 g/mol. The highest BCUT2D eigenvalue weighted by molar-refractivity contribution is 7.25. The predicted octanol–water partition coefficient (Wildman–Crippen LogP) is 7.06. The molecule has 0 spiro atoms. The van der Waals surface area contributed by atoms with Gasteiger partial charge in [-0.2, -0.15) is 0 Å². The van der Waals surface area contributed by atoms with E-state index in [4.69, 9.17) is 4.98 Å². The lowest BCUT2D eigenvalue weighted by atomic mass is 10.1. The normalized spacial score (nSPS) is 11.6. The number of fused-ring (bicyclic) bond motifs is 4. The molecule has 0 radical (unpaired) electrons. The minimum atomic E-state index is 0.976. The first-order valence-electron chi connectivity index (χ1n) is 9.34. The number of rotatable bonds is 2. The van der Waals surface area contributed by atoms with Crippen LogP contribution in [0, 0.1) is 0 Å². The SMILES string of the molecule is c1ccc(-c2nc3ccccc3n2-c2cccc3sc4ccccc4c23)cc1. The molecule has 4 aromatic carbocycles. The van der Waals surface area contributed by atoms with Crippen LogP contribution in [0.2, 0.25) is 0 Å². The highest BCUT2D eigenvalue weighted by atomic mass is 32.1. The molecule has 0 aliphatic rings. The first kappa shape index (κ1) is 15.6. The topological polar surface area (TPSA) is 17.8 Å². The molecule has 0 aliphatic heterocycles. The summed E-state index contributed by atoms with van der Waals surface area (Å²) in [4.78, 5) is 5.00. The van der Waals surface area contributed by atoms with Crippen LogP contribution in [0.3, 0.4) is 0 Å². The Kier molecular flexibility index (Phi) is 3.37. The average Bonchev–Trinajstić information content (AvgIpc) is 3.33. The Labute approximate surface area is 166 Å². The summed E-state index contributed by atoms with van der Waals surface area (Å²) in [5, 5.41) is 2.60. The molecule has 6 aromatic rings. The van der Waals surface area contributed by atoms with Crippen molar-refractivity contribution < 1.29 is 0 Å². The minimum Gasteiger partial charge on any atom is -0.292 e. The van der Waals surface area contributed by atoms with Crippen molar-refractivity contribution in [2.75, 3.05) is 0 Å². The predicted molar refractivity (Wildman–Crippen MR) is 119 cm³/mol. The maximum absolute atomic E-state index is 5.00. The standard InChI is InChI=1S/C25H16N2S/c1-2-9-17(10-3-1)25-26-19-12-5-6-13-20(19)27(25)21-14-8-16-23-24(21)18-11-4-7-15-22(18)28-23/h1-16H. The summed E-state index contributed by atoms with van der Waals surface area (Å²) >= 11 is 1.85. The van der Waals surface area contributed by atoms with Crippen LogP contribution >= 0.6 is 11.3 Å². The lowest BCUT2D eigenvalue weighted by molar-refractivity contribution is 1.12. The molecule has 2 nitrogen and oxygen atoms in total. The van der Waals surface area contributed by atoms with Crippen molar-refractivity contribution in [1.29, 1.82) is 0 Å². The molecule has 0 aliphatic carbocycles. The zero-order valence-electron chi connectivity index (χ0n) is 15.0. The second-order valence-electron chi connectivity index (χ2n) is 6.87. The lowest BCUT2D eigenvalue weighted by Crippen LogP contribution is -1.98. The quantitative estimate of drug-likeness (QED) is 0.316. The number of para-hydroxylation sites is 2. The summed E-state index contributed by atoms with van der Waals surface area (Å²) in [5.41, 5.74) is 4.44. The molecule has 0 saturated heterocycles. The Hall–Kier alpha value is -3.43. The second-order valence-corrected chi connectivity index (χ2v) is 7.96. The van der Waals surface area contributed by atoms with Crippen LogP contribution in [-0.4, -0.2) is 9.55 Å².